The number of carbonyl (C=O) groups excluding carboxylic acids is 1. The molecule has 0 saturated carbocycles. The number of nitrogens with one attached hydrogen (secondary N) is 2. The highest BCUT2D eigenvalue weighted by atomic mass is 19.1. The van der Waals surface area contributed by atoms with Crippen molar-refractivity contribution in [3.05, 3.63) is 89.5 Å². The largest absolute Gasteiger partial charge is 0.385 e. The summed E-state index contributed by atoms with van der Waals surface area (Å²) in [6.07, 6.45) is 2.27. The van der Waals surface area contributed by atoms with Crippen LogP contribution in [0, 0.1) is 17.1 Å². The number of nitriles is 1. The molecule has 0 aliphatic rings. The molecule has 3 aromatic rings. The van der Waals surface area contributed by atoms with Crippen LogP contribution in [0.4, 0.5) is 15.8 Å². The molecule has 0 spiro atoms. The predicted octanol–water partition coefficient (Wildman–Crippen LogP) is 4.00. The van der Waals surface area contributed by atoms with E-state index in [0.29, 0.717) is 17.8 Å². The van der Waals surface area contributed by atoms with Gasteiger partial charge in [-0.2, -0.15) is 5.26 Å². The van der Waals surface area contributed by atoms with Gasteiger partial charge in [0.15, 0.2) is 0 Å². The number of rotatable bonds is 6. The van der Waals surface area contributed by atoms with E-state index in [2.05, 4.69) is 15.6 Å². The van der Waals surface area contributed by atoms with E-state index in [1.807, 2.05) is 6.07 Å². The molecule has 0 radical (unpaired) electrons. The van der Waals surface area contributed by atoms with Gasteiger partial charge in [0.25, 0.3) is 5.91 Å². The highest BCUT2D eigenvalue weighted by Gasteiger charge is 2.10. The smallest absolute Gasteiger partial charge is 0.274 e. The quantitative estimate of drug-likeness (QED) is 0.696. The normalized spacial score (nSPS) is 10.1. The highest BCUT2D eigenvalue weighted by Crippen LogP contribution is 2.16. The van der Waals surface area contributed by atoms with E-state index in [-0.39, 0.29) is 17.4 Å². The van der Waals surface area contributed by atoms with Crippen LogP contribution in [0.15, 0.2) is 66.9 Å². The second-order valence-electron chi connectivity index (χ2n) is 5.84. The van der Waals surface area contributed by atoms with Crippen molar-refractivity contribution in [3.8, 4) is 6.07 Å². The first-order chi connectivity index (χ1) is 13.2. The summed E-state index contributed by atoms with van der Waals surface area (Å²) in [4.78, 5) is 16.5. The maximum absolute atomic E-state index is 12.9. The minimum atomic E-state index is -0.389. The summed E-state index contributed by atoms with van der Waals surface area (Å²) in [6, 6.07) is 18.6. The Morgan fingerprint density at radius 1 is 1.11 bits per heavy atom. The third-order valence-corrected chi connectivity index (χ3v) is 3.94. The number of anilines is 2. The SMILES string of the molecule is N#Cc1ccccc1NC(=O)c1cc(NCCc2ccc(F)cc2)ccn1. The minimum Gasteiger partial charge on any atom is -0.385 e. The highest BCUT2D eigenvalue weighted by molar-refractivity contribution is 6.04. The van der Waals surface area contributed by atoms with Gasteiger partial charge in [-0.25, -0.2) is 4.39 Å². The summed E-state index contributed by atoms with van der Waals surface area (Å²) in [5.41, 5.74) is 2.85. The molecule has 3 rings (SSSR count). The van der Waals surface area contributed by atoms with Crippen LogP contribution in [-0.2, 0) is 6.42 Å². The topological polar surface area (TPSA) is 77.8 Å². The lowest BCUT2D eigenvalue weighted by molar-refractivity contribution is 0.102. The average Bonchev–Trinajstić information content (AvgIpc) is 2.70. The molecule has 6 heteroatoms. The van der Waals surface area contributed by atoms with E-state index in [0.717, 1.165) is 17.7 Å². The maximum atomic E-state index is 12.9. The average molecular weight is 360 g/mol. The lowest BCUT2D eigenvalue weighted by Gasteiger charge is -2.09. The zero-order valence-corrected chi connectivity index (χ0v) is 14.4. The summed E-state index contributed by atoms with van der Waals surface area (Å²) in [5, 5.41) is 15.0. The monoisotopic (exact) mass is 360 g/mol. The molecule has 0 aliphatic carbocycles. The third kappa shape index (κ3) is 4.89. The molecular weight excluding hydrogens is 343 g/mol. The van der Waals surface area contributed by atoms with Crippen molar-refractivity contribution in [1.29, 1.82) is 5.26 Å². The number of nitrogens with zero attached hydrogens (tertiary/aromatic N) is 2. The van der Waals surface area contributed by atoms with Gasteiger partial charge >= 0.3 is 0 Å². The summed E-state index contributed by atoms with van der Waals surface area (Å²) in [5.74, 6) is -0.644. The molecule has 0 aliphatic heterocycles. The molecule has 1 amide bonds. The molecule has 5 nitrogen and oxygen atoms in total. The van der Waals surface area contributed by atoms with Crippen LogP contribution in [0.1, 0.15) is 21.6 Å². The summed E-state index contributed by atoms with van der Waals surface area (Å²) < 4.78 is 12.9. The van der Waals surface area contributed by atoms with Crippen LogP contribution in [0.25, 0.3) is 0 Å². The Morgan fingerprint density at radius 2 is 1.89 bits per heavy atom. The van der Waals surface area contributed by atoms with Gasteiger partial charge < -0.3 is 10.6 Å². The molecular formula is C21H17FN4O. The predicted molar refractivity (Wildman–Crippen MR) is 102 cm³/mol. The molecule has 1 aromatic heterocycles. The summed E-state index contributed by atoms with van der Waals surface area (Å²) >= 11 is 0. The number of pyridine rings is 1. The molecule has 0 atom stereocenters. The van der Waals surface area contributed by atoms with Gasteiger partial charge in [0, 0.05) is 18.4 Å². The second-order valence-corrected chi connectivity index (χ2v) is 5.84. The van der Waals surface area contributed by atoms with Crippen LogP contribution in [-0.4, -0.2) is 17.4 Å². The zero-order valence-electron chi connectivity index (χ0n) is 14.4. The van der Waals surface area contributed by atoms with Gasteiger partial charge in [0.2, 0.25) is 0 Å². The fourth-order valence-corrected chi connectivity index (χ4v) is 2.54. The Hall–Kier alpha value is -3.72. The lowest BCUT2D eigenvalue weighted by atomic mass is 10.1. The molecule has 2 aromatic carbocycles. The number of hydrogen-bond acceptors (Lipinski definition) is 4. The van der Waals surface area contributed by atoms with Gasteiger partial charge in [-0.3, -0.25) is 9.78 Å². The van der Waals surface area contributed by atoms with Gasteiger partial charge in [0.05, 0.1) is 11.3 Å². The number of para-hydroxylation sites is 1. The van der Waals surface area contributed by atoms with Gasteiger partial charge in [-0.05, 0) is 48.4 Å². The number of hydrogen-bond donors (Lipinski definition) is 2. The Balaban J connectivity index is 1.62. The first-order valence-corrected chi connectivity index (χ1v) is 8.40. The van der Waals surface area contributed by atoms with Crippen LogP contribution in [0.2, 0.25) is 0 Å². The number of halogens is 1. The van der Waals surface area contributed by atoms with Gasteiger partial charge in [-0.1, -0.05) is 24.3 Å². The van der Waals surface area contributed by atoms with E-state index in [1.54, 1.807) is 54.7 Å². The van der Waals surface area contributed by atoms with Crippen molar-refractivity contribution >= 4 is 17.3 Å². The van der Waals surface area contributed by atoms with Gasteiger partial charge in [0.1, 0.15) is 17.6 Å². The van der Waals surface area contributed by atoms with Crippen LogP contribution in [0.3, 0.4) is 0 Å². The Morgan fingerprint density at radius 3 is 2.67 bits per heavy atom. The molecule has 0 unspecified atom stereocenters. The molecule has 0 fully saturated rings. The number of amides is 1. The maximum Gasteiger partial charge on any atom is 0.274 e. The number of benzene rings is 2. The van der Waals surface area contributed by atoms with E-state index < -0.39 is 0 Å². The third-order valence-electron chi connectivity index (χ3n) is 3.94. The lowest BCUT2D eigenvalue weighted by Crippen LogP contribution is -2.15. The van der Waals surface area contributed by atoms with E-state index in [9.17, 15) is 9.18 Å². The van der Waals surface area contributed by atoms with Crippen molar-refractivity contribution in [2.24, 2.45) is 0 Å². The molecule has 0 saturated heterocycles. The number of carbonyl (C=O) groups is 1. The van der Waals surface area contributed by atoms with E-state index in [1.165, 1.54) is 12.1 Å². The van der Waals surface area contributed by atoms with E-state index >= 15 is 0 Å². The molecule has 27 heavy (non-hydrogen) atoms. The minimum absolute atomic E-state index is 0.245. The Bertz CT molecular complexity index is 980. The van der Waals surface area contributed by atoms with E-state index in [4.69, 9.17) is 5.26 Å². The molecule has 134 valence electrons. The number of aromatic nitrogens is 1. The molecule has 1 heterocycles. The molecule has 2 N–H and O–H groups in total. The zero-order chi connectivity index (χ0) is 19.1. The van der Waals surface area contributed by atoms with Gasteiger partial charge in [-0.15, -0.1) is 0 Å². The Labute approximate surface area is 156 Å². The van der Waals surface area contributed by atoms with Crippen LogP contribution >= 0.6 is 0 Å². The summed E-state index contributed by atoms with van der Waals surface area (Å²) in [6.45, 7) is 0.633. The van der Waals surface area contributed by atoms with Crippen molar-refractivity contribution < 1.29 is 9.18 Å². The molecule has 0 bridgehead atoms. The fraction of sp³-hybridized carbons (Fsp3) is 0.0952. The van der Waals surface area contributed by atoms with Crippen LogP contribution in [0.5, 0.6) is 0 Å². The second kappa shape index (κ2) is 8.59. The van der Waals surface area contributed by atoms with Crippen LogP contribution < -0.4 is 10.6 Å². The Kier molecular flexibility index (Phi) is 5.75. The first-order valence-electron chi connectivity index (χ1n) is 8.40. The van der Waals surface area contributed by atoms with Crippen molar-refractivity contribution in [1.82, 2.24) is 4.98 Å². The fourth-order valence-electron chi connectivity index (χ4n) is 2.54. The summed E-state index contributed by atoms with van der Waals surface area (Å²) in [7, 11) is 0. The van der Waals surface area contributed by atoms with Crippen molar-refractivity contribution in [2.45, 2.75) is 6.42 Å². The standard InChI is InChI=1S/C21H17FN4O/c22-17-7-5-15(6-8-17)9-11-24-18-10-12-25-20(13-18)21(27)26-19-4-2-1-3-16(19)14-23/h1-8,10,12-13H,9,11H2,(H,24,25)(H,26,27). The first kappa shape index (κ1) is 18.1. The van der Waals surface area contributed by atoms with Crippen molar-refractivity contribution in [2.75, 3.05) is 17.2 Å². The van der Waals surface area contributed by atoms with Crippen molar-refractivity contribution in [3.63, 3.8) is 0 Å².